The summed E-state index contributed by atoms with van der Waals surface area (Å²) in [4.78, 5) is 19.7. The molecule has 3 aromatic rings. The van der Waals surface area contributed by atoms with Crippen LogP contribution in [-0.2, 0) is 4.74 Å². The van der Waals surface area contributed by atoms with E-state index >= 15 is 0 Å². The van der Waals surface area contributed by atoms with E-state index in [4.69, 9.17) is 25.4 Å². The van der Waals surface area contributed by atoms with Crippen LogP contribution in [0.5, 0.6) is 29.0 Å². The highest BCUT2D eigenvalue weighted by Crippen LogP contribution is 2.32. The van der Waals surface area contributed by atoms with Crippen molar-refractivity contribution in [1.82, 2.24) is 9.88 Å². The van der Waals surface area contributed by atoms with Crippen molar-refractivity contribution in [2.75, 3.05) is 26.2 Å². The number of nitrogens with zero attached hydrogens (tertiary/aromatic N) is 2. The highest BCUT2D eigenvalue weighted by molar-refractivity contribution is 5.96. The highest BCUT2D eigenvalue weighted by Gasteiger charge is 2.31. The third-order valence-electron chi connectivity index (χ3n) is 6.44. The van der Waals surface area contributed by atoms with E-state index in [-0.39, 0.29) is 40.6 Å². The summed E-state index contributed by atoms with van der Waals surface area (Å²) in [6, 6.07) is 14.5. The maximum atomic E-state index is 13.5. The van der Waals surface area contributed by atoms with Crippen molar-refractivity contribution < 1.29 is 36.9 Å². The second-order valence-electron chi connectivity index (χ2n) is 9.32. The second kappa shape index (κ2) is 13.4. The van der Waals surface area contributed by atoms with Gasteiger partial charge in [-0.1, -0.05) is 0 Å². The fourth-order valence-corrected chi connectivity index (χ4v) is 4.40. The minimum atomic E-state index is -4.81. The number of alkyl halides is 3. The molecule has 12 heteroatoms. The number of pyridine rings is 1. The van der Waals surface area contributed by atoms with Gasteiger partial charge in [0.05, 0.1) is 6.61 Å². The van der Waals surface area contributed by atoms with E-state index in [1.807, 2.05) is 0 Å². The number of aromatic nitrogens is 1. The van der Waals surface area contributed by atoms with Crippen LogP contribution in [-0.4, -0.2) is 54.3 Å². The largest absolute Gasteiger partial charge is 0.573 e. The summed E-state index contributed by atoms with van der Waals surface area (Å²) in [5.74, 6) is 0.514. The molecule has 0 aliphatic carbocycles. The van der Waals surface area contributed by atoms with Gasteiger partial charge in [-0.25, -0.2) is 0 Å². The normalized spacial score (nSPS) is 13.9. The molecular weight excluding hydrogens is 541 g/mol. The maximum Gasteiger partial charge on any atom is 0.573 e. The third kappa shape index (κ3) is 8.34. The number of nitrogens with one attached hydrogen (secondary N) is 1. The predicted octanol–water partition coefficient (Wildman–Crippen LogP) is 6.13. The quantitative estimate of drug-likeness (QED) is 0.222. The van der Waals surface area contributed by atoms with E-state index in [1.165, 1.54) is 18.2 Å². The highest BCUT2D eigenvalue weighted by atomic mass is 19.4. The van der Waals surface area contributed by atoms with Crippen LogP contribution < -0.4 is 19.9 Å². The van der Waals surface area contributed by atoms with Gasteiger partial charge in [0.1, 0.15) is 22.8 Å². The Morgan fingerprint density at radius 2 is 1.59 bits per heavy atom. The number of hydrogen-bond donors (Lipinski definition) is 2. The van der Waals surface area contributed by atoms with Crippen LogP contribution in [0.3, 0.4) is 0 Å². The molecule has 1 amide bonds. The monoisotopic (exact) mass is 572 g/mol. The predicted molar refractivity (Wildman–Crippen MR) is 145 cm³/mol. The molecular formula is C29H31F3N4O5. The van der Waals surface area contributed by atoms with E-state index in [1.54, 1.807) is 42.2 Å². The molecule has 0 saturated carbocycles. The van der Waals surface area contributed by atoms with Crippen molar-refractivity contribution >= 4 is 11.8 Å². The van der Waals surface area contributed by atoms with Gasteiger partial charge >= 0.3 is 6.36 Å². The third-order valence-corrected chi connectivity index (χ3v) is 6.44. The Kier molecular flexibility index (Phi) is 9.66. The number of benzene rings is 2. The summed E-state index contributed by atoms with van der Waals surface area (Å²) in [6.45, 7) is 3.93. The Morgan fingerprint density at radius 3 is 2.20 bits per heavy atom. The van der Waals surface area contributed by atoms with Gasteiger partial charge in [0.15, 0.2) is 0 Å². The van der Waals surface area contributed by atoms with Gasteiger partial charge in [-0.05, 0) is 93.2 Å². The van der Waals surface area contributed by atoms with Crippen molar-refractivity contribution in [3.05, 3.63) is 71.8 Å². The second-order valence-corrected chi connectivity index (χ2v) is 9.32. The molecule has 41 heavy (non-hydrogen) atoms. The van der Waals surface area contributed by atoms with E-state index in [2.05, 4.69) is 9.72 Å². The number of rotatable bonds is 10. The fraction of sp³-hybridized carbons (Fsp3) is 0.345. The molecule has 0 bridgehead atoms. The van der Waals surface area contributed by atoms with Gasteiger partial charge in [-0.3, -0.25) is 10.2 Å². The van der Waals surface area contributed by atoms with E-state index in [0.717, 1.165) is 31.4 Å². The number of hydrogen-bond acceptors (Lipinski definition) is 8. The summed E-state index contributed by atoms with van der Waals surface area (Å²) in [7, 11) is 0. The van der Waals surface area contributed by atoms with Crippen LogP contribution in [0.4, 0.5) is 13.2 Å². The summed E-state index contributed by atoms with van der Waals surface area (Å²) in [6.07, 6.45) is -2.17. The minimum absolute atomic E-state index is 0.00115. The average Bonchev–Trinajstić information content (AvgIpc) is 2.94. The molecule has 0 radical (unpaired) electrons. The minimum Gasteiger partial charge on any atom is -0.478 e. The Morgan fingerprint density at radius 1 is 0.976 bits per heavy atom. The molecule has 0 unspecified atom stereocenters. The molecule has 2 aromatic carbocycles. The lowest BCUT2D eigenvalue weighted by molar-refractivity contribution is -0.274. The molecule has 1 aliphatic heterocycles. The summed E-state index contributed by atoms with van der Waals surface area (Å²) in [5.41, 5.74) is 6.48. The topological polar surface area (TPSA) is 120 Å². The molecule has 0 atom stereocenters. The van der Waals surface area contributed by atoms with Crippen LogP contribution in [0.2, 0.25) is 0 Å². The molecule has 1 fully saturated rings. The van der Waals surface area contributed by atoms with Crippen LogP contribution in [0.25, 0.3) is 0 Å². The SMILES string of the molecule is CCOC(=N)c1ccc(Oc2nc(Oc3ccc(OC(F)(F)F)cc3)ccc2C(=O)N2CCC(CCN)CC2)cc1. The molecule has 1 saturated heterocycles. The van der Waals surface area contributed by atoms with E-state index < -0.39 is 6.36 Å². The van der Waals surface area contributed by atoms with Crippen molar-refractivity contribution in [3.63, 3.8) is 0 Å². The lowest BCUT2D eigenvalue weighted by atomic mass is 9.93. The van der Waals surface area contributed by atoms with Crippen LogP contribution in [0.1, 0.15) is 42.1 Å². The molecule has 4 rings (SSSR count). The maximum absolute atomic E-state index is 13.5. The lowest BCUT2D eigenvalue weighted by Crippen LogP contribution is -2.39. The molecule has 9 nitrogen and oxygen atoms in total. The number of amides is 1. The number of carbonyl (C=O) groups excluding carboxylic acids is 1. The number of halogens is 3. The Balaban J connectivity index is 1.56. The zero-order valence-corrected chi connectivity index (χ0v) is 22.4. The Bertz CT molecular complexity index is 1330. The molecule has 1 aliphatic rings. The lowest BCUT2D eigenvalue weighted by Gasteiger charge is -2.32. The van der Waals surface area contributed by atoms with Crippen LogP contribution in [0.15, 0.2) is 60.7 Å². The van der Waals surface area contributed by atoms with Crippen molar-refractivity contribution in [2.24, 2.45) is 11.7 Å². The van der Waals surface area contributed by atoms with Crippen molar-refractivity contribution in [1.29, 1.82) is 5.41 Å². The number of piperidine rings is 1. The zero-order valence-electron chi connectivity index (χ0n) is 22.4. The zero-order chi connectivity index (χ0) is 29.4. The summed E-state index contributed by atoms with van der Waals surface area (Å²) < 4.78 is 58.3. The first kappa shape index (κ1) is 29.7. The van der Waals surface area contributed by atoms with Crippen molar-refractivity contribution in [2.45, 2.75) is 32.5 Å². The first-order chi connectivity index (χ1) is 19.6. The molecule has 3 N–H and O–H groups in total. The number of likely N-dealkylation sites (tertiary alicyclic amines) is 1. The van der Waals surface area contributed by atoms with Crippen LogP contribution >= 0.6 is 0 Å². The number of nitrogens with two attached hydrogens (primary N) is 1. The summed E-state index contributed by atoms with van der Waals surface area (Å²) in [5, 5.41) is 7.94. The molecule has 1 aromatic heterocycles. The van der Waals surface area contributed by atoms with Gasteiger partial charge in [0.2, 0.25) is 17.7 Å². The Labute approximate surface area is 235 Å². The van der Waals surface area contributed by atoms with E-state index in [9.17, 15) is 18.0 Å². The number of ether oxygens (including phenoxy) is 4. The average molecular weight is 573 g/mol. The molecule has 0 spiro atoms. The van der Waals surface area contributed by atoms with Crippen LogP contribution in [0, 0.1) is 11.3 Å². The fourth-order valence-electron chi connectivity index (χ4n) is 4.40. The molecule has 218 valence electrons. The first-order valence-electron chi connectivity index (χ1n) is 13.2. The number of carbonyl (C=O) groups is 1. The summed E-state index contributed by atoms with van der Waals surface area (Å²) >= 11 is 0. The van der Waals surface area contributed by atoms with Gasteiger partial charge in [0.25, 0.3) is 5.91 Å². The van der Waals surface area contributed by atoms with Gasteiger partial charge in [-0.15, -0.1) is 13.2 Å². The standard InChI is InChI=1S/C29H31F3N4O5/c1-2-38-26(34)20-3-5-22(6-4-20)40-27-24(28(37)36-17-14-19(13-16-33)15-18-36)11-12-25(35-27)39-21-7-9-23(10-8-21)41-29(30,31)32/h3-12,19,34H,2,13-18,33H2,1H3. The molecule has 2 heterocycles. The van der Waals surface area contributed by atoms with Gasteiger partial charge in [-0.2, -0.15) is 4.98 Å². The van der Waals surface area contributed by atoms with E-state index in [0.29, 0.717) is 43.5 Å². The first-order valence-corrected chi connectivity index (χ1v) is 13.2. The van der Waals surface area contributed by atoms with Gasteiger partial charge in [0, 0.05) is 24.7 Å². The Hall–Kier alpha value is -4.32. The smallest absolute Gasteiger partial charge is 0.478 e. The van der Waals surface area contributed by atoms with Gasteiger partial charge < -0.3 is 29.6 Å². The van der Waals surface area contributed by atoms with Crippen molar-refractivity contribution in [3.8, 4) is 29.0 Å².